The van der Waals surface area contributed by atoms with Crippen LogP contribution < -0.4 is 9.37 Å². The van der Waals surface area contributed by atoms with Crippen LogP contribution >= 0.6 is 0 Å². The molecule has 6 heteroatoms. The SMILES string of the molecule is COc1cn2c3nccnc3[nH][n+]2c1. The fraction of sp³-hybridized carbons (Fsp3) is 0.125. The zero-order valence-corrected chi connectivity index (χ0v) is 7.51. The lowest BCUT2D eigenvalue weighted by atomic mass is 10.6. The van der Waals surface area contributed by atoms with Crippen molar-refractivity contribution in [2.45, 2.75) is 0 Å². The van der Waals surface area contributed by atoms with Crippen molar-refractivity contribution in [3.05, 3.63) is 24.8 Å². The van der Waals surface area contributed by atoms with Crippen LogP contribution in [0.15, 0.2) is 24.8 Å². The topological polar surface area (TPSA) is 59.3 Å². The highest BCUT2D eigenvalue weighted by molar-refractivity contribution is 5.62. The van der Waals surface area contributed by atoms with Crippen LogP contribution in [0, 0.1) is 0 Å². The van der Waals surface area contributed by atoms with Crippen molar-refractivity contribution in [2.75, 3.05) is 7.11 Å². The van der Waals surface area contributed by atoms with E-state index in [1.807, 2.05) is 16.9 Å². The smallest absolute Gasteiger partial charge is 0.272 e. The van der Waals surface area contributed by atoms with Crippen molar-refractivity contribution >= 4 is 11.3 Å². The van der Waals surface area contributed by atoms with Crippen molar-refractivity contribution in [1.82, 2.24) is 19.6 Å². The van der Waals surface area contributed by atoms with Crippen LogP contribution in [0.2, 0.25) is 0 Å². The molecular formula is C8H8N5O+. The standard InChI is InChI=1S/C8H8N5O/c1-14-6-4-12-8-7(9-2-3-10-8)11-13(12)5-6/h2-5H,1H3,(H,9,11)/q+1. The number of hydrogen-bond acceptors (Lipinski definition) is 3. The number of rotatable bonds is 1. The lowest BCUT2D eigenvalue weighted by Gasteiger charge is -1.84. The molecule has 0 amide bonds. The maximum atomic E-state index is 5.10. The van der Waals surface area contributed by atoms with Gasteiger partial charge in [0.15, 0.2) is 0 Å². The molecule has 0 aliphatic heterocycles. The number of hydrogen-bond donors (Lipinski definition) is 1. The molecule has 70 valence electrons. The quantitative estimate of drug-likeness (QED) is 0.541. The van der Waals surface area contributed by atoms with Crippen molar-refractivity contribution in [3.63, 3.8) is 0 Å². The van der Waals surface area contributed by atoms with E-state index in [9.17, 15) is 0 Å². The lowest BCUT2D eigenvalue weighted by Crippen LogP contribution is -2.26. The molecule has 0 atom stereocenters. The minimum Gasteiger partial charge on any atom is -0.489 e. The molecule has 0 aromatic carbocycles. The summed E-state index contributed by atoms with van der Waals surface area (Å²) in [5, 5.41) is 3.06. The van der Waals surface area contributed by atoms with Crippen molar-refractivity contribution in [2.24, 2.45) is 0 Å². The number of aromatic nitrogens is 5. The summed E-state index contributed by atoms with van der Waals surface area (Å²) in [6.45, 7) is 0. The van der Waals surface area contributed by atoms with E-state index in [1.165, 1.54) is 0 Å². The second-order valence-corrected chi connectivity index (χ2v) is 2.89. The largest absolute Gasteiger partial charge is 0.489 e. The zero-order valence-electron chi connectivity index (χ0n) is 7.51. The van der Waals surface area contributed by atoms with Gasteiger partial charge in [0, 0.05) is 17.0 Å². The third-order valence-electron chi connectivity index (χ3n) is 2.08. The third kappa shape index (κ3) is 0.819. The van der Waals surface area contributed by atoms with Crippen molar-refractivity contribution in [1.29, 1.82) is 0 Å². The van der Waals surface area contributed by atoms with Gasteiger partial charge in [-0.3, -0.25) is 0 Å². The first-order valence-corrected chi connectivity index (χ1v) is 4.15. The minimum absolute atomic E-state index is 0.746. The van der Waals surface area contributed by atoms with Gasteiger partial charge in [0.1, 0.15) is 6.20 Å². The molecule has 0 saturated carbocycles. The predicted molar refractivity (Wildman–Crippen MR) is 47.0 cm³/mol. The molecule has 0 saturated heterocycles. The summed E-state index contributed by atoms with van der Waals surface area (Å²) in [5.41, 5.74) is 1.52. The van der Waals surface area contributed by atoms with Gasteiger partial charge in [-0.05, 0) is 0 Å². The molecule has 0 aliphatic rings. The van der Waals surface area contributed by atoms with Gasteiger partial charge >= 0.3 is 0 Å². The number of H-pyrrole nitrogens is 1. The fourth-order valence-corrected chi connectivity index (χ4v) is 1.44. The molecule has 3 heterocycles. The minimum atomic E-state index is 0.746. The summed E-state index contributed by atoms with van der Waals surface area (Å²) >= 11 is 0. The molecule has 0 radical (unpaired) electrons. The van der Waals surface area contributed by atoms with E-state index in [4.69, 9.17) is 4.74 Å². The van der Waals surface area contributed by atoms with E-state index in [0.717, 1.165) is 17.0 Å². The first-order valence-electron chi connectivity index (χ1n) is 4.15. The number of nitrogens with zero attached hydrogens (tertiary/aromatic N) is 4. The van der Waals surface area contributed by atoms with Gasteiger partial charge < -0.3 is 4.74 Å². The highest BCUT2D eigenvalue weighted by Crippen LogP contribution is 2.08. The Morgan fingerprint density at radius 2 is 2.29 bits per heavy atom. The normalized spacial score (nSPS) is 11.2. The van der Waals surface area contributed by atoms with Crippen LogP contribution in [0.1, 0.15) is 0 Å². The molecule has 3 aromatic heterocycles. The Balaban J connectivity index is 2.45. The maximum Gasteiger partial charge on any atom is 0.272 e. The van der Waals surface area contributed by atoms with Crippen molar-refractivity contribution in [3.8, 4) is 5.75 Å². The molecular weight excluding hydrogens is 182 g/mol. The van der Waals surface area contributed by atoms with Crippen LogP contribution in [0.3, 0.4) is 0 Å². The van der Waals surface area contributed by atoms with E-state index in [-0.39, 0.29) is 0 Å². The first kappa shape index (κ1) is 7.31. The second kappa shape index (κ2) is 2.44. The molecule has 0 aliphatic carbocycles. The van der Waals surface area contributed by atoms with Crippen molar-refractivity contribution < 1.29 is 9.37 Å². The fourth-order valence-electron chi connectivity index (χ4n) is 1.44. The summed E-state index contributed by atoms with van der Waals surface area (Å²) in [6.07, 6.45) is 6.97. The predicted octanol–water partition coefficient (Wildman–Crippen LogP) is -0.195. The molecule has 14 heavy (non-hydrogen) atoms. The molecule has 0 fully saturated rings. The average Bonchev–Trinajstić information content (AvgIpc) is 2.73. The summed E-state index contributed by atoms with van der Waals surface area (Å²) in [6, 6.07) is 0. The van der Waals surface area contributed by atoms with Crippen LogP contribution in [0.25, 0.3) is 11.3 Å². The van der Waals surface area contributed by atoms with Crippen LogP contribution in [0.5, 0.6) is 5.75 Å². The van der Waals surface area contributed by atoms with Gasteiger partial charge in [-0.2, -0.15) is 0 Å². The van der Waals surface area contributed by atoms with E-state index in [2.05, 4.69) is 15.1 Å². The summed E-state index contributed by atoms with van der Waals surface area (Å²) in [7, 11) is 1.63. The summed E-state index contributed by atoms with van der Waals surface area (Å²) in [4.78, 5) is 8.36. The first-order chi connectivity index (χ1) is 6.88. The van der Waals surface area contributed by atoms with Crippen LogP contribution in [-0.2, 0) is 0 Å². The number of methoxy groups -OCH3 is 1. The Hall–Kier alpha value is -2.11. The van der Waals surface area contributed by atoms with E-state index in [1.54, 1.807) is 24.1 Å². The van der Waals surface area contributed by atoms with Gasteiger partial charge in [0.05, 0.1) is 7.11 Å². The maximum absolute atomic E-state index is 5.10. The zero-order chi connectivity index (χ0) is 9.54. The van der Waals surface area contributed by atoms with Gasteiger partial charge in [0.2, 0.25) is 17.0 Å². The Kier molecular flexibility index (Phi) is 1.27. The monoisotopic (exact) mass is 190 g/mol. The molecule has 3 aromatic rings. The van der Waals surface area contributed by atoms with Gasteiger partial charge in [-0.25, -0.2) is 9.97 Å². The van der Waals surface area contributed by atoms with Gasteiger partial charge in [-0.15, -0.1) is 5.10 Å². The van der Waals surface area contributed by atoms with E-state index >= 15 is 0 Å². The van der Waals surface area contributed by atoms with E-state index in [0.29, 0.717) is 0 Å². The number of nitrogens with one attached hydrogen (secondary N) is 1. The molecule has 3 rings (SSSR count). The number of ether oxygens (including phenoxy) is 1. The summed E-state index contributed by atoms with van der Waals surface area (Å²) in [5.74, 6) is 0.772. The lowest BCUT2D eigenvalue weighted by molar-refractivity contribution is -0.669. The number of fused-ring (bicyclic) bond motifs is 3. The molecule has 1 N–H and O–H groups in total. The van der Waals surface area contributed by atoms with Gasteiger partial charge in [-0.1, -0.05) is 4.52 Å². The Labute approximate surface area is 78.7 Å². The molecule has 0 spiro atoms. The van der Waals surface area contributed by atoms with Gasteiger partial charge in [0.25, 0.3) is 6.20 Å². The van der Waals surface area contributed by atoms with E-state index < -0.39 is 0 Å². The van der Waals surface area contributed by atoms with Crippen LogP contribution in [-0.4, -0.2) is 26.7 Å². The highest BCUT2D eigenvalue weighted by Gasteiger charge is 2.15. The highest BCUT2D eigenvalue weighted by atomic mass is 16.5. The molecule has 0 unspecified atom stereocenters. The average molecular weight is 190 g/mol. The second-order valence-electron chi connectivity index (χ2n) is 2.89. The Morgan fingerprint density at radius 3 is 3.14 bits per heavy atom. The Bertz CT molecular complexity index is 596. The molecule has 6 nitrogen and oxygen atoms in total. The third-order valence-corrected chi connectivity index (χ3v) is 2.08. The molecule has 0 bridgehead atoms. The summed E-state index contributed by atoms with van der Waals surface area (Å²) < 4.78 is 8.70. The Morgan fingerprint density at radius 1 is 1.43 bits per heavy atom. The number of aromatic amines is 1. The van der Waals surface area contributed by atoms with Crippen LogP contribution in [0.4, 0.5) is 0 Å².